The van der Waals surface area contributed by atoms with E-state index in [4.69, 9.17) is 0 Å². The van der Waals surface area contributed by atoms with Gasteiger partial charge in [0.1, 0.15) is 0 Å². The number of halogens is 1. The Labute approximate surface area is 170 Å². The Morgan fingerprint density at radius 1 is 1.07 bits per heavy atom. The SMILES string of the molecule is O=C(Nc1ccccc1Br)N(C/C=C/c1ccccc1)CCN1CCCC1. The van der Waals surface area contributed by atoms with Crippen LogP contribution in [0.3, 0.4) is 0 Å². The van der Waals surface area contributed by atoms with Crippen molar-refractivity contribution in [2.24, 2.45) is 0 Å². The summed E-state index contributed by atoms with van der Waals surface area (Å²) in [4.78, 5) is 17.2. The van der Waals surface area contributed by atoms with Crippen molar-refractivity contribution < 1.29 is 4.79 Å². The third-order valence-electron chi connectivity index (χ3n) is 4.72. The number of amides is 2. The first-order valence-corrected chi connectivity index (χ1v) is 10.3. The van der Waals surface area contributed by atoms with Gasteiger partial charge in [0.2, 0.25) is 0 Å². The number of para-hydroxylation sites is 1. The molecule has 0 saturated carbocycles. The van der Waals surface area contributed by atoms with E-state index in [2.05, 4.69) is 50.4 Å². The fourth-order valence-corrected chi connectivity index (χ4v) is 3.57. The molecule has 0 unspecified atom stereocenters. The molecule has 4 nitrogen and oxygen atoms in total. The number of carbonyl (C=O) groups is 1. The van der Waals surface area contributed by atoms with Gasteiger partial charge in [0.15, 0.2) is 0 Å². The first-order valence-electron chi connectivity index (χ1n) is 9.47. The lowest BCUT2D eigenvalue weighted by molar-refractivity contribution is 0.207. The molecule has 3 rings (SSSR count). The fraction of sp³-hybridized carbons (Fsp3) is 0.318. The van der Waals surface area contributed by atoms with Crippen LogP contribution in [0.15, 0.2) is 65.1 Å². The van der Waals surface area contributed by atoms with E-state index in [9.17, 15) is 4.79 Å². The van der Waals surface area contributed by atoms with Gasteiger partial charge in [0, 0.05) is 24.1 Å². The van der Waals surface area contributed by atoms with E-state index in [1.807, 2.05) is 47.4 Å². The molecule has 0 bridgehead atoms. The second-order valence-corrected chi connectivity index (χ2v) is 7.57. The summed E-state index contributed by atoms with van der Waals surface area (Å²) in [5.41, 5.74) is 1.93. The van der Waals surface area contributed by atoms with Crippen molar-refractivity contribution >= 4 is 33.7 Å². The number of urea groups is 1. The van der Waals surface area contributed by atoms with E-state index < -0.39 is 0 Å². The van der Waals surface area contributed by atoms with Crippen LogP contribution in [0.1, 0.15) is 18.4 Å². The van der Waals surface area contributed by atoms with Crippen molar-refractivity contribution in [3.8, 4) is 0 Å². The van der Waals surface area contributed by atoms with E-state index >= 15 is 0 Å². The zero-order chi connectivity index (χ0) is 18.9. The molecule has 5 heteroatoms. The number of nitrogens with zero attached hydrogens (tertiary/aromatic N) is 2. The Hall–Kier alpha value is -2.11. The van der Waals surface area contributed by atoms with Crippen molar-refractivity contribution in [3.63, 3.8) is 0 Å². The molecule has 1 saturated heterocycles. The number of hydrogen-bond donors (Lipinski definition) is 1. The predicted molar refractivity (Wildman–Crippen MR) is 116 cm³/mol. The lowest BCUT2D eigenvalue weighted by atomic mass is 10.2. The summed E-state index contributed by atoms with van der Waals surface area (Å²) in [6.07, 6.45) is 6.64. The molecule has 0 atom stereocenters. The zero-order valence-electron chi connectivity index (χ0n) is 15.5. The Bertz CT molecular complexity index is 757. The van der Waals surface area contributed by atoms with Gasteiger partial charge in [-0.3, -0.25) is 0 Å². The number of likely N-dealkylation sites (tertiary alicyclic amines) is 1. The molecule has 1 heterocycles. The largest absolute Gasteiger partial charge is 0.322 e. The molecule has 27 heavy (non-hydrogen) atoms. The topological polar surface area (TPSA) is 35.6 Å². The Kier molecular flexibility index (Phi) is 7.48. The van der Waals surface area contributed by atoms with Crippen molar-refractivity contribution in [1.82, 2.24) is 9.80 Å². The predicted octanol–water partition coefficient (Wildman–Crippen LogP) is 5.09. The van der Waals surface area contributed by atoms with Crippen LogP contribution in [0.4, 0.5) is 10.5 Å². The molecule has 1 aliphatic heterocycles. The highest BCUT2D eigenvalue weighted by Gasteiger charge is 2.17. The van der Waals surface area contributed by atoms with Crippen LogP contribution >= 0.6 is 15.9 Å². The smallest absolute Gasteiger partial charge is 0.320 e. The third kappa shape index (κ3) is 6.22. The van der Waals surface area contributed by atoms with Crippen LogP contribution in [0.5, 0.6) is 0 Å². The number of benzene rings is 2. The molecule has 1 N–H and O–H groups in total. The fourth-order valence-electron chi connectivity index (χ4n) is 3.18. The van der Waals surface area contributed by atoms with Crippen LogP contribution in [0.2, 0.25) is 0 Å². The van der Waals surface area contributed by atoms with E-state index in [1.54, 1.807) is 0 Å². The van der Waals surface area contributed by atoms with E-state index in [-0.39, 0.29) is 6.03 Å². The number of nitrogens with one attached hydrogen (secondary N) is 1. The Morgan fingerprint density at radius 3 is 2.52 bits per heavy atom. The van der Waals surface area contributed by atoms with Crippen LogP contribution in [0, 0.1) is 0 Å². The summed E-state index contributed by atoms with van der Waals surface area (Å²) in [5.74, 6) is 0. The number of carbonyl (C=O) groups excluding carboxylic acids is 1. The van der Waals surface area contributed by atoms with E-state index in [0.29, 0.717) is 6.54 Å². The molecule has 2 aromatic rings. The summed E-state index contributed by atoms with van der Waals surface area (Å²) in [6.45, 7) is 4.50. The molecule has 1 aliphatic rings. The van der Waals surface area contributed by atoms with Crippen molar-refractivity contribution in [2.75, 3.05) is 38.0 Å². The Balaban J connectivity index is 1.63. The van der Waals surface area contributed by atoms with Gasteiger partial charge in [0.25, 0.3) is 0 Å². The van der Waals surface area contributed by atoms with Crippen LogP contribution in [0.25, 0.3) is 6.08 Å². The van der Waals surface area contributed by atoms with Gasteiger partial charge in [0.05, 0.1) is 5.69 Å². The summed E-state index contributed by atoms with van der Waals surface area (Å²) < 4.78 is 0.887. The van der Waals surface area contributed by atoms with Crippen LogP contribution in [-0.2, 0) is 0 Å². The lowest BCUT2D eigenvalue weighted by Crippen LogP contribution is -2.40. The minimum absolute atomic E-state index is 0.0705. The molecule has 2 aromatic carbocycles. The van der Waals surface area contributed by atoms with Crippen molar-refractivity contribution in [1.29, 1.82) is 0 Å². The van der Waals surface area contributed by atoms with Gasteiger partial charge in [-0.25, -0.2) is 4.79 Å². The number of anilines is 1. The van der Waals surface area contributed by atoms with Crippen LogP contribution in [-0.4, -0.2) is 48.6 Å². The minimum atomic E-state index is -0.0705. The monoisotopic (exact) mass is 427 g/mol. The van der Waals surface area contributed by atoms with Crippen LogP contribution < -0.4 is 5.32 Å². The molecule has 2 amide bonds. The second kappa shape index (κ2) is 10.3. The Morgan fingerprint density at radius 2 is 1.78 bits per heavy atom. The maximum absolute atomic E-state index is 12.9. The summed E-state index contributed by atoms with van der Waals surface area (Å²) >= 11 is 3.49. The second-order valence-electron chi connectivity index (χ2n) is 6.72. The van der Waals surface area contributed by atoms with E-state index in [0.717, 1.165) is 41.9 Å². The highest BCUT2D eigenvalue weighted by atomic mass is 79.9. The lowest BCUT2D eigenvalue weighted by Gasteiger charge is -2.25. The highest BCUT2D eigenvalue weighted by molar-refractivity contribution is 9.10. The van der Waals surface area contributed by atoms with Gasteiger partial charge in [-0.2, -0.15) is 0 Å². The minimum Gasteiger partial charge on any atom is -0.320 e. The summed E-state index contributed by atoms with van der Waals surface area (Å²) in [6, 6.07) is 17.8. The summed E-state index contributed by atoms with van der Waals surface area (Å²) in [7, 11) is 0. The maximum Gasteiger partial charge on any atom is 0.322 e. The molecule has 142 valence electrons. The van der Waals surface area contributed by atoms with Gasteiger partial charge >= 0.3 is 6.03 Å². The molecule has 0 aliphatic carbocycles. The average molecular weight is 428 g/mol. The first-order chi connectivity index (χ1) is 13.2. The van der Waals surface area contributed by atoms with Gasteiger partial charge < -0.3 is 15.1 Å². The molecule has 0 spiro atoms. The third-order valence-corrected chi connectivity index (χ3v) is 5.41. The molecule has 1 fully saturated rings. The molecule has 0 radical (unpaired) electrons. The van der Waals surface area contributed by atoms with Gasteiger partial charge in [-0.15, -0.1) is 0 Å². The standard InChI is InChI=1S/C22H26BrN3O/c23-20-12-4-5-13-21(20)24-22(27)26(18-17-25-14-6-7-15-25)16-8-11-19-9-2-1-3-10-19/h1-5,8-13H,6-7,14-18H2,(H,24,27)/b11-8+. The normalized spacial score (nSPS) is 14.6. The van der Waals surface area contributed by atoms with Crippen molar-refractivity contribution in [3.05, 3.63) is 70.7 Å². The molecular weight excluding hydrogens is 402 g/mol. The van der Waals surface area contributed by atoms with E-state index in [1.165, 1.54) is 12.8 Å². The maximum atomic E-state index is 12.9. The quantitative estimate of drug-likeness (QED) is 0.667. The highest BCUT2D eigenvalue weighted by Crippen LogP contribution is 2.21. The average Bonchev–Trinajstić information content (AvgIpc) is 3.20. The summed E-state index contributed by atoms with van der Waals surface area (Å²) in [5, 5.41) is 3.02. The van der Waals surface area contributed by atoms with Gasteiger partial charge in [-0.05, 0) is 59.6 Å². The first kappa shape index (κ1) is 19.6. The number of hydrogen-bond acceptors (Lipinski definition) is 2. The zero-order valence-corrected chi connectivity index (χ0v) is 17.1. The van der Waals surface area contributed by atoms with Crippen molar-refractivity contribution in [2.45, 2.75) is 12.8 Å². The molecule has 0 aromatic heterocycles. The van der Waals surface area contributed by atoms with Gasteiger partial charge in [-0.1, -0.05) is 54.6 Å². The molecular formula is C22H26BrN3O. The number of rotatable bonds is 7.